The van der Waals surface area contributed by atoms with Crippen LogP contribution >= 0.6 is 0 Å². The van der Waals surface area contributed by atoms with E-state index in [0.29, 0.717) is 31.1 Å². The van der Waals surface area contributed by atoms with E-state index in [9.17, 15) is 27.9 Å². The van der Waals surface area contributed by atoms with Gasteiger partial charge in [0.2, 0.25) is 0 Å². The maximum absolute atomic E-state index is 14.4. The first-order chi connectivity index (χ1) is 17.1. The highest BCUT2D eigenvalue weighted by atomic mass is 19.4. The minimum Gasteiger partial charge on any atom is -0.372 e. The lowest BCUT2D eigenvalue weighted by molar-refractivity contribution is -0.142. The van der Waals surface area contributed by atoms with E-state index in [-0.39, 0.29) is 23.4 Å². The number of alkyl halides is 3. The number of carbonyl (C=O) groups is 2. The Morgan fingerprint density at radius 3 is 2.33 bits per heavy atom. The van der Waals surface area contributed by atoms with Crippen molar-refractivity contribution >= 4 is 28.3 Å². The number of anilines is 1. The van der Waals surface area contributed by atoms with Gasteiger partial charge in [-0.15, -0.1) is 0 Å². The van der Waals surface area contributed by atoms with E-state index in [1.54, 1.807) is 18.2 Å². The molecule has 1 atom stereocenters. The molecule has 0 bridgehead atoms. The van der Waals surface area contributed by atoms with Gasteiger partial charge in [-0.05, 0) is 47.6 Å². The third-order valence-corrected chi connectivity index (χ3v) is 6.82. The molecule has 0 saturated heterocycles. The molecule has 1 unspecified atom stereocenters. The molecule has 0 radical (unpaired) electrons. The summed E-state index contributed by atoms with van der Waals surface area (Å²) < 4.78 is 43.2. The molecule has 190 valence electrons. The van der Waals surface area contributed by atoms with Gasteiger partial charge in [-0.3, -0.25) is 9.59 Å². The van der Waals surface area contributed by atoms with Gasteiger partial charge >= 0.3 is 6.18 Å². The number of halogens is 3. The number of benzene rings is 3. The summed E-state index contributed by atoms with van der Waals surface area (Å²) in [7, 11) is 1.32. The molecule has 0 saturated carbocycles. The van der Waals surface area contributed by atoms with Crippen LogP contribution in [0.3, 0.4) is 0 Å². The van der Waals surface area contributed by atoms with Crippen molar-refractivity contribution in [2.45, 2.75) is 25.6 Å². The Bertz CT molecular complexity index is 1320. The van der Waals surface area contributed by atoms with Crippen LogP contribution in [-0.4, -0.2) is 55.0 Å². The van der Waals surface area contributed by atoms with Crippen LogP contribution in [0.15, 0.2) is 54.6 Å². The summed E-state index contributed by atoms with van der Waals surface area (Å²) in [5.74, 6) is -1.60. The first kappa shape index (κ1) is 25.7. The average molecular weight is 500 g/mol. The number of fused-ring (bicyclic) bond motifs is 2. The number of rotatable bonds is 7. The standard InChI is InChI=1S/C27H28F3N3O3/c1-4-32(5-2)12-13-33-22-16-19(24(34)31-3)15-21(27(28,29)30)23(22)26(36,25(33)35)20-11-10-17-8-6-7-9-18(17)14-20/h6-11,14-16,36H,4-5,12-13H2,1-3H3,(H,31,34). The summed E-state index contributed by atoms with van der Waals surface area (Å²) >= 11 is 0. The van der Waals surface area contributed by atoms with Crippen LogP contribution in [0.25, 0.3) is 10.8 Å². The van der Waals surface area contributed by atoms with E-state index in [1.165, 1.54) is 30.1 Å². The second kappa shape index (κ2) is 9.55. The van der Waals surface area contributed by atoms with Crippen molar-refractivity contribution in [3.8, 4) is 0 Å². The Morgan fingerprint density at radius 1 is 1.06 bits per heavy atom. The Morgan fingerprint density at radius 2 is 1.72 bits per heavy atom. The predicted molar refractivity (Wildman–Crippen MR) is 132 cm³/mol. The second-order valence-corrected chi connectivity index (χ2v) is 8.75. The van der Waals surface area contributed by atoms with Crippen LogP contribution < -0.4 is 10.2 Å². The molecule has 0 aliphatic carbocycles. The molecule has 3 aromatic carbocycles. The summed E-state index contributed by atoms with van der Waals surface area (Å²) in [6.07, 6.45) is -4.92. The number of nitrogens with zero attached hydrogens (tertiary/aromatic N) is 2. The highest BCUT2D eigenvalue weighted by Crippen LogP contribution is 2.51. The Balaban J connectivity index is 1.98. The molecule has 2 N–H and O–H groups in total. The van der Waals surface area contributed by atoms with Gasteiger partial charge in [-0.1, -0.05) is 50.2 Å². The van der Waals surface area contributed by atoms with Gasteiger partial charge in [0.1, 0.15) is 0 Å². The Hall–Kier alpha value is -3.43. The van der Waals surface area contributed by atoms with Crippen molar-refractivity contribution in [3.05, 3.63) is 76.9 Å². The molecule has 1 aliphatic heterocycles. The monoisotopic (exact) mass is 499 g/mol. The lowest BCUT2D eigenvalue weighted by Crippen LogP contribution is -2.44. The van der Waals surface area contributed by atoms with Gasteiger partial charge in [0.05, 0.1) is 11.3 Å². The molecule has 0 spiro atoms. The molecule has 9 heteroatoms. The van der Waals surface area contributed by atoms with Crippen LogP contribution in [0.1, 0.15) is 40.9 Å². The van der Waals surface area contributed by atoms with E-state index in [0.717, 1.165) is 5.39 Å². The van der Waals surface area contributed by atoms with Crippen molar-refractivity contribution in [1.29, 1.82) is 0 Å². The number of carbonyl (C=O) groups excluding carboxylic acids is 2. The van der Waals surface area contributed by atoms with E-state index in [2.05, 4.69) is 5.32 Å². The van der Waals surface area contributed by atoms with E-state index >= 15 is 0 Å². The normalized spacial score (nSPS) is 17.7. The highest BCUT2D eigenvalue weighted by Gasteiger charge is 2.56. The molecule has 3 aromatic rings. The van der Waals surface area contributed by atoms with Crippen molar-refractivity contribution in [2.24, 2.45) is 0 Å². The van der Waals surface area contributed by atoms with Gasteiger partial charge in [0, 0.05) is 31.3 Å². The van der Waals surface area contributed by atoms with Crippen molar-refractivity contribution < 1.29 is 27.9 Å². The van der Waals surface area contributed by atoms with Crippen LogP contribution in [0.4, 0.5) is 18.9 Å². The predicted octanol–water partition coefficient (Wildman–Crippen LogP) is 4.14. The molecule has 0 fully saturated rings. The topological polar surface area (TPSA) is 72.9 Å². The van der Waals surface area contributed by atoms with Gasteiger partial charge in [0.15, 0.2) is 5.60 Å². The highest BCUT2D eigenvalue weighted by molar-refractivity contribution is 6.11. The number of nitrogens with one attached hydrogen (secondary N) is 1. The van der Waals surface area contributed by atoms with Gasteiger partial charge in [-0.2, -0.15) is 13.2 Å². The lowest BCUT2D eigenvalue weighted by Gasteiger charge is -2.26. The Labute approximate surface area is 207 Å². The number of likely N-dealkylation sites (N-methyl/N-ethyl adjacent to an activating group) is 1. The molecule has 1 heterocycles. The zero-order valence-corrected chi connectivity index (χ0v) is 20.3. The SMILES string of the molecule is CCN(CC)CCN1C(=O)C(O)(c2ccc3ccccc3c2)c2c1cc(C(=O)NC)cc2C(F)(F)F. The molecule has 6 nitrogen and oxygen atoms in total. The summed E-state index contributed by atoms with van der Waals surface area (Å²) in [5.41, 5.74) is -4.66. The Kier molecular flexibility index (Phi) is 6.81. The first-order valence-electron chi connectivity index (χ1n) is 11.8. The van der Waals surface area contributed by atoms with Crippen molar-refractivity contribution in [2.75, 3.05) is 38.1 Å². The lowest BCUT2D eigenvalue weighted by atomic mass is 9.83. The maximum Gasteiger partial charge on any atom is 0.416 e. The summed E-state index contributed by atoms with van der Waals surface area (Å²) in [4.78, 5) is 29.4. The summed E-state index contributed by atoms with van der Waals surface area (Å²) in [5, 5.41) is 15.8. The fourth-order valence-corrected chi connectivity index (χ4v) is 4.82. The van der Waals surface area contributed by atoms with Gasteiger partial charge in [-0.25, -0.2) is 0 Å². The van der Waals surface area contributed by atoms with Crippen molar-refractivity contribution in [1.82, 2.24) is 10.2 Å². The zero-order valence-electron chi connectivity index (χ0n) is 20.3. The van der Waals surface area contributed by atoms with E-state index in [1.807, 2.05) is 30.9 Å². The minimum atomic E-state index is -4.92. The average Bonchev–Trinajstić information content (AvgIpc) is 3.09. The van der Waals surface area contributed by atoms with Gasteiger partial charge < -0.3 is 20.2 Å². The third-order valence-electron chi connectivity index (χ3n) is 6.82. The van der Waals surface area contributed by atoms with Crippen LogP contribution in [-0.2, 0) is 16.6 Å². The molecule has 1 aliphatic rings. The van der Waals surface area contributed by atoms with E-state index < -0.39 is 34.7 Å². The van der Waals surface area contributed by atoms with Crippen molar-refractivity contribution in [3.63, 3.8) is 0 Å². The second-order valence-electron chi connectivity index (χ2n) is 8.75. The smallest absolute Gasteiger partial charge is 0.372 e. The number of amides is 2. The van der Waals surface area contributed by atoms with Crippen LogP contribution in [0.2, 0.25) is 0 Å². The fraction of sp³-hybridized carbons (Fsp3) is 0.333. The molecular formula is C27H28F3N3O3. The largest absolute Gasteiger partial charge is 0.416 e. The zero-order chi connectivity index (χ0) is 26.3. The first-order valence-corrected chi connectivity index (χ1v) is 11.8. The maximum atomic E-state index is 14.4. The summed E-state index contributed by atoms with van der Waals surface area (Å²) in [6, 6.07) is 13.8. The number of hydrogen-bond donors (Lipinski definition) is 2. The number of hydrogen-bond acceptors (Lipinski definition) is 4. The van der Waals surface area contributed by atoms with Crippen LogP contribution in [0.5, 0.6) is 0 Å². The molecular weight excluding hydrogens is 471 g/mol. The third kappa shape index (κ3) is 4.22. The quantitative estimate of drug-likeness (QED) is 0.513. The molecule has 36 heavy (non-hydrogen) atoms. The van der Waals surface area contributed by atoms with Crippen LogP contribution in [0, 0.1) is 0 Å². The van der Waals surface area contributed by atoms with Gasteiger partial charge in [0.25, 0.3) is 11.8 Å². The molecule has 0 aromatic heterocycles. The summed E-state index contributed by atoms with van der Waals surface area (Å²) in [6.45, 7) is 5.70. The number of aliphatic hydroxyl groups is 1. The minimum absolute atomic E-state index is 0.0379. The molecule has 2 amide bonds. The van der Waals surface area contributed by atoms with E-state index in [4.69, 9.17) is 0 Å². The fourth-order valence-electron chi connectivity index (χ4n) is 4.82. The molecule has 4 rings (SSSR count).